The van der Waals surface area contributed by atoms with Crippen LogP contribution in [0.4, 0.5) is 14.5 Å². The number of para-hydroxylation sites is 1. The van der Waals surface area contributed by atoms with Crippen molar-refractivity contribution in [3.63, 3.8) is 0 Å². The Bertz CT molecular complexity index is 455. The summed E-state index contributed by atoms with van der Waals surface area (Å²) in [5.74, 6) is -0.387. The van der Waals surface area contributed by atoms with Crippen molar-refractivity contribution in [3.05, 3.63) is 28.2 Å². The van der Waals surface area contributed by atoms with Gasteiger partial charge in [-0.3, -0.25) is 9.69 Å². The molecule has 8 heteroatoms. The number of carbonyl (C=O) groups excluding carboxylic acids is 1. The first-order chi connectivity index (χ1) is 9.93. The first kappa shape index (κ1) is 18.1. The fraction of sp³-hybridized carbons (Fsp3) is 0.462. The van der Waals surface area contributed by atoms with Crippen molar-refractivity contribution in [2.75, 3.05) is 31.6 Å². The molecule has 1 aromatic rings. The second kappa shape index (κ2) is 9.15. The predicted octanol–water partition coefficient (Wildman–Crippen LogP) is 2.88. The summed E-state index contributed by atoms with van der Waals surface area (Å²) < 4.78 is 24.7. The van der Waals surface area contributed by atoms with E-state index in [1.807, 2.05) is 0 Å². The molecule has 0 bridgehead atoms. The molecule has 0 saturated heterocycles. The van der Waals surface area contributed by atoms with Gasteiger partial charge in [0.1, 0.15) is 0 Å². The quantitative estimate of drug-likeness (QED) is 0.765. The molecule has 4 nitrogen and oxygen atoms in total. The van der Waals surface area contributed by atoms with Crippen LogP contribution in [0.3, 0.4) is 0 Å². The fourth-order valence-electron chi connectivity index (χ4n) is 1.71. The van der Waals surface area contributed by atoms with Crippen molar-refractivity contribution in [2.24, 2.45) is 0 Å². The molecule has 2 N–H and O–H groups in total. The number of aliphatic hydroxyl groups excluding tert-OH is 1. The Kier molecular flexibility index (Phi) is 7.88. The number of nitrogens with zero attached hydrogens (tertiary/aromatic N) is 1. The van der Waals surface area contributed by atoms with E-state index in [0.717, 1.165) is 0 Å². The van der Waals surface area contributed by atoms with Crippen LogP contribution in [0.1, 0.15) is 6.42 Å². The molecular weight excluding hydrogens is 325 g/mol. The summed E-state index contributed by atoms with van der Waals surface area (Å²) in [6, 6.07) is 4.81. The topological polar surface area (TPSA) is 52.6 Å². The van der Waals surface area contributed by atoms with Crippen LogP contribution in [0, 0.1) is 0 Å². The highest BCUT2D eigenvalue weighted by Crippen LogP contribution is 2.29. The molecule has 118 valence electrons. The molecule has 0 unspecified atom stereocenters. The summed E-state index contributed by atoms with van der Waals surface area (Å²) in [4.78, 5) is 13.1. The number of hydrogen-bond donors (Lipinski definition) is 2. The Balaban J connectivity index is 2.53. The van der Waals surface area contributed by atoms with Gasteiger partial charge in [-0.25, -0.2) is 8.78 Å². The van der Waals surface area contributed by atoms with E-state index in [-0.39, 0.29) is 32.0 Å². The van der Waals surface area contributed by atoms with E-state index in [4.69, 9.17) is 28.3 Å². The summed E-state index contributed by atoms with van der Waals surface area (Å²) in [5, 5.41) is 12.0. The standard InChI is InChI=1S/C13H16Cl2F2N2O2/c14-9-2-1-3-10(15)13(9)18-12(21)4-5-19(6-7-20)8-11(16)17/h1-3,11,20H,4-8H2,(H,18,21). The van der Waals surface area contributed by atoms with Gasteiger partial charge in [-0.2, -0.15) is 0 Å². The summed E-state index contributed by atoms with van der Waals surface area (Å²) >= 11 is 11.8. The molecule has 0 aliphatic heterocycles. The molecule has 0 aromatic heterocycles. The number of aliphatic hydroxyl groups is 1. The maximum atomic E-state index is 12.3. The second-order valence-corrected chi connectivity index (χ2v) is 5.12. The van der Waals surface area contributed by atoms with E-state index in [1.54, 1.807) is 18.2 Å². The van der Waals surface area contributed by atoms with Crippen LogP contribution in [0.25, 0.3) is 0 Å². The molecule has 0 heterocycles. The molecule has 1 amide bonds. The third-order valence-corrected chi connectivity index (χ3v) is 3.32. The van der Waals surface area contributed by atoms with E-state index in [9.17, 15) is 13.6 Å². The lowest BCUT2D eigenvalue weighted by molar-refractivity contribution is -0.116. The van der Waals surface area contributed by atoms with Crippen LogP contribution in [0.2, 0.25) is 10.0 Å². The monoisotopic (exact) mass is 340 g/mol. The zero-order chi connectivity index (χ0) is 15.8. The van der Waals surface area contributed by atoms with Crippen LogP contribution in [0.5, 0.6) is 0 Å². The van der Waals surface area contributed by atoms with Gasteiger partial charge in [0.05, 0.1) is 28.9 Å². The van der Waals surface area contributed by atoms with E-state index >= 15 is 0 Å². The van der Waals surface area contributed by atoms with Gasteiger partial charge in [0.25, 0.3) is 6.43 Å². The zero-order valence-electron chi connectivity index (χ0n) is 11.2. The molecule has 0 aliphatic carbocycles. The van der Waals surface area contributed by atoms with Gasteiger partial charge in [0, 0.05) is 19.5 Å². The van der Waals surface area contributed by atoms with Gasteiger partial charge in [0.15, 0.2) is 0 Å². The smallest absolute Gasteiger partial charge is 0.251 e. The minimum atomic E-state index is -2.52. The molecule has 0 radical (unpaired) electrons. The van der Waals surface area contributed by atoms with Crippen LogP contribution in [-0.4, -0.2) is 48.6 Å². The van der Waals surface area contributed by atoms with Gasteiger partial charge in [0.2, 0.25) is 5.91 Å². The third-order valence-electron chi connectivity index (χ3n) is 2.69. The largest absolute Gasteiger partial charge is 0.395 e. The maximum absolute atomic E-state index is 12.3. The van der Waals surface area contributed by atoms with Crippen LogP contribution in [-0.2, 0) is 4.79 Å². The molecule has 0 saturated carbocycles. The number of amides is 1. The van der Waals surface area contributed by atoms with Gasteiger partial charge in [-0.05, 0) is 12.1 Å². The van der Waals surface area contributed by atoms with Gasteiger partial charge in [-0.15, -0.1) is 0 Å². The minimum absolute atomic E-state index is 0.00568. The number of rotatable bonds is 8. The van der Waals surface area contributed by atoms with Crippen LogP contribution >= 0.6 is 23.2 Å². The Morgan fingerprint density at radius 1 is 1.29 bits per heavy atom. The third kappa shape index (κ3) is 6.56. The number of anilines is 1. The minimum Gasteiger partial charge on any atom is -0.395 e. The normalized spacial score (nSPS) is 11.2. The Hall–Kier alpha value is -0.950. The highest BCUT2D eigenvalue weighted by Gasteiger charge is 2.14. The zero-order valence-corrected chi connectivity index (χ0v) is 12.7. The van der Waals surface area contributed by atoms with Gasteiger partial charge >= 0.3 is 0 Å². The summed E-state index contributed by atoms with van der Waals surface area (Å²) in [6.45, 7) is -0.533. The number of nitrogens with one attached hydrogen (secondary N) is 1. The number of carbonyl (C=O) groups is 1. The fourth-order valence-corrected chi connectivity index (χ4v) is 2.20. The molecule has 0 aliphatic rings. The van der Waals surface area contributed by atoms with E-state index in [1.165, 1.54) is 4.90 Å². The highest BCUT2D eigenvalue weighted by atomic mass is 35.5. The SMILES string of the molecule is O=C(CCN(CCO)CC(F)F)Nc1c(Cl)cccc1Cl. The number of halogens is 4. The molecule has 21 heavy (non-hydrogen) atoms. The molecular formula is C13H16Cl2F2N2O2. The van der Waals surface area contributed by atoms with Crippen molar-refractivity contribution < 1.29 is 18.7 Å². The Morgan fingerprint density at radius 2 is 1.90 bits per heavy atom. The number of benzene rings is 1. The molecule has 0 spiro atoms. The number of hydrogen-bond acceptors (Lipinski definition) is 3. The molecule has 0 fully saturated rings. The van der Waals surface area contributed by atoms with E-state index in [2.05, 4.69) is 5.32 Å². The molecule has 1 aromatic carbocycles. The Morgan fingerprint density at radius 3 is 2.43 bits per heavy atom. The van der Waals surface area contributed by atoms with Crippen molar-refractivity contribution >= 4 is 34.8 Å². The maximum Gasteiger partial charge on any atom is 0.251 e. The van der Waals surface area contributed by atoms with Crippen LogP contribution in [0.15, 0.2) is 18.2 Å². The highest BCUT2D eigenvalue weighted by molar-refractivity contribution is 6.39. The van der Waals surface area contributed by atoms with Crippen molar-refractivity contribution in [1.82, 2.24) is 4.90 Å². The number of alkyl halides is 2. The average Bonchev–Trinajstić information content (AvgIpc) is 2.40. The van der Waals surface area contributed by atoms with E-state index in [0.29, 0.717) is 15.7 Å². The van der Waals surface area contributed by atoms with Gasteiger partial charge < -0.3 is 10.4 Å². The lowest BCUT2D eigenvalue weighted by Gasteiger charge is -2.20. The Labute approximate surface area is 131 Å². The summed E-state index contributed by atoms with van der Waals surface area (Å²) in [5.41, 5.74) is 0.299. The van der Waals surface area contributed by atoms with Crippen molar-refractivity contribution in [2.45, 2.75) is 12.8 Å². The molecule has 0 atom stereocenters. The average molecular weight is 341 g/mol. The summed E-state index contributed by atoms with van der Waals surface area (Å²) in [6.07, 6.45) is -2.52. The lowest BCUT2D eigenvalue weighted by atomic mass is 10.3. The van der Waals surface area contributed by atoms with Crippen molar-refractivity contribution in [1.29, 1.82) is 0 Å². The van der Waals surface area contributed by atoms with Crippen LogP contribution < -0.4 is 5.32 Å². The first-order valence-electron chi connectivity index (χ1n) is 6.29. The molecule has 1 rings (SSSR count). The lowest BCUT2D eigenvalue weighted by Crippen LogP contribution is -2.34. The van der Waals surface area contributed by atoms with Crippen molar-refractivity contribution in [3.8, 4) is 0 Å². The van der Waals surface area contributed by atoms with E-state index < -0.39 is 13.0 Å². The van der Waals surface area contributed by atoms with Gasteiger partial charge in [-0.1, -0.05) is 29.3 Å². The second-order valence-electron chi connectivity index (χ2n) is 4.31. The predicted molar refractivity (Wildman–Crippen MR) is 79.2 cm³/mol. The first-order valence-corrected chi connectivity index (χ1v) is 7.05. The summed E-state index contributed by atoms with van der Waals surface area (Å²) in [7, 11) is 0.